The van der Waals surface area contributed by atoms with E-state index < -0.39 is 17.5 Å². The van der Waals surface area contributed by atoms with Crippen LogP contribution in [-0.4, -0.2) is 17.5 Å². The number of rotatable bonds is 2. The fourth-order valence-electron chi connectivity index (χ4n) is 2.41. The SMILES string of the molecule is CC1(C(=O)Oc2ccc(Cl)cc2Cl)Cc2ccccc2C(=O)O1. The van der Waals surface area contributed by atoms with E-state index in [1.165, 1.54) is 19.1 Å². The Bertz CT molecular complexity index is 803. The van der Waals surface area contributed by atoms with Gasteiger partial charge in [0.25, 0.3) is 0 Å². The smallest absolute Gasteiger partial charge is 0.356 e. The minimum Gasteiger partial charge on any atom is -0.443 e. The van der Waals surface area contributed by atoms with Crippen LogP contribution in [0, 0.1) is 0 Å². The first-order valence-corrected chi connectivity index (χ1v) is 7.63. The monoisotopic (exact) mass is 350 g/mol. The predicted molar refractivity (Wildman–Crippen MR) is 86.1 cm³/mol. The summed E-state index contributed by atoms with van der Waals surface area (Å²) in [5, 5.41) is 0.635. The second kappa shape index (κ2) is 5.87. The molecule has 1 aliphatic heterocycles. The van der Waals surface area contributed by atoms with Crippen molar-refractivity contribution in [3.8, 4) is 5.75 Å². The van der Waals surface area contributed by atoms with E-state index >= 15 is 0 Å². The molecule has 1 atom stereocenters. The summed E-state index contributed by atoms with van der Waals surface area (Å²) < 4.78 is 10.6. The highest BCUT2D eigenvalue weighted by molar-refractivity contribution is 6.35. The zero-order chi connectivity index (χ0) is 16.6. The zero-order valence-corrected chi connectivity index (χ0v) is 13.6. The Balaban J connectivity index is 1.86. The molecule has 0 N–H and O–H groups in total. The molecule has 2 aromatic rings. The highest BCUT2D eigenvalue weighted by Gasteiger charge is 2.44. The maximum Gasteiger partial charge on any atom is 0.356 e. The van der Waals surface area contributed by atoms with E-state index in [9.17, 15) is 9.59 Å². The third kappa shape index (κ3) is 3.05. The third-order valence-electron chi connectivity index (χ3n) is 3.61. The van der Waals surface area contributed by atoms with Crippen LogP contribution in [0.2, 0.25) is 10.0 Å². The summed E-state index contributed by atoms with van der Waals surface area (Å²) in [4.78, 5) is 24.6. The van der Waals surface area contributed by atoms with Crippen LogP contribution in [0.4, 0.5) is 0 Å². The Kier molecular flexibility index (Phi) is 4.04. The van der Waals surface area contributed by atoms with E-state index in [0.717, 1.165) is 5.56 Å². The van der Waals surface area contributed by atoms with Gasteiger partial charge < -0.3 is 9.47 Å². The molecule has 2 aromatic carbocycles. The van der Waals surface area contributed by atoms with Crippen LogP contribution in [0.15, 0.2) is 42.5 Å². The molecule has 1 unspecified atom stereocenters. The topological polar surface area (TPSA) is 52.6 Å². The lowest BCUT2D eigenvalue weighted by molar-refractivity contribution is -0.154. The number of cyclic esters (lactones) is 1. The lowest BCUT2D eigenvalue weighted by Gasteiger charge is -2.32. The molecule has 0 saturated heterocycles. The normalized spacial score (nSPS) is 19.7. The number of hydrogen-bond acceptors (Lipinski definition) is 4. The van der Waals surface area contributed by atoms with E-state index in [-0.39, 0.29) is 17.2 Å². The highest BCUT2D eigenvalue weighted by Crippen LogP contribution is 2.32. The van der Waals surface area contributed by atoms with Crippen molar-refractivity contribution in [1.29, 1.82) is 0 Å². The molecular formula is C17H12Cl2O4. The van der Waals surface area contributed by atoms with Gasteiger partial charge in [-0.05, 0) is 36.8 Å². The third-order valence-corrected chi connectivity index (χ3v) is 4.14. The average molecular weight is 351 g/mol. The van der Waals surface area contributed by atoms with Crippen LogP contribution in [-0.2, 0) is 16.0 Å². The van der Waals surface area contributed by atoms with Crippen LogP contribution in [0.5, 0.6) is 5.75 Å². The number of carbonyl (C=O) groups is 2. The maximum absolute atomic E-state index is 12.5. The van der Waals surface area contributed by atoms with Crippen molar-refractivity contribution >= 4 is 35.1 Å². The minimum atomic E-state index is -1.41. The van der Waals surface area contributed by atoms with Crippen molar-refractivity contribution in [3.63, 3.8) is 0 Å². The van der Waals surface area contributed by atoms with Gasteiger partial charge in [0.2, 0.25) is 5.60 Å². The Hall–Kier alpha value is -2.04. The molecule has 6 heteroatoms. The lowest BCUT2D eigenvalue weighted by Crippen LogP contribution is -2.48. The van der Waals surface area contributed by atoms with Crippen LogP contribution in [0.25, 0.3) is 0 Å². The summed E-state index contributed by atoms with van der Waals surface area (Å²) in [6.45, 7) is 1.52. The van der Waals surface area contributed by atoms with Gasteiger partial charge in [0, 0.05) is 11.4 Å². The number of carbonyl (C=O) groups excluding carboxylic acids is 2. The van der Waals surface area contributed by atoms with Gasteiger partial charge in [-0.25, -0.2) is 9.59 Å². The average Bonchev–Trinajstić information content (AvgIpc) is 2.50. The molecule has 0 aromatic heterocycles. The van der Waals surface area contributed by atoms with Crippen LogP contribution in [0.1, 0.15) is 22.8 Å². The summed E-state index contributed by atoms with van der Waals surface area (Å²) in [6.07, 6.45) is 0.235. The first-order valence-electron chi connectivity index (χ1n) is 6.88. The molecule has 0 saturated carbocycles. The molecule has 3 rings (SSSR count). The van der Waals surface area contributed by atoms with Crippen molar-refractivity contribution in [3.05, 3.63) is 63.6 Å². The number of halogens is 2. The van der Waals surface area contributed by atoms with Crippen molar-refractivity contribution < 1.29 is 19.1 Å². The summed E-state index contributed by atoms with van der Waals surface area (Å²) in [6, 6.07) is 11.5. The Labute approximate surface area is 142 Å². The van der Waals surface area contributed by atoms with Crippen molar-refractivity contribution in [2.45, 2.75) is 18.9 Å². The molecule has 118 valence electrons. The van der Waals surface area contributed by atoms with Gasteiger partial charge in [0.05, 0.1) is 10.6 Å². The molecule has 1 heterocycles. The number of ether oxygens (including phenoxy) is 2. The first-order chi connectivity index (χ1) is 10.9. The molecule has 4 nitrogen and oxygen atoms in total. The molecule has 0 amide bonds. The summed E-state index contributed by atoms with van der Waals surface area (Å²) in [5.41, 5.74) is -0.207. The minimum absolute atomic E-state index is 0.164. The molecule has 1 aliphatic rings. The summed E-state index contributed by atoms with van der Waals surface area (Å²) in [7, 11) is 0. The van der Waals surface area contributed by atoms with Gasteiger partial charge >= 0.3 is 11.9 Å². The molecular weight excluding hydrogens is 339 g/mol. The summed E-state index contributed by atoms with van der Waals surface area (Å²) in [5.74, 6) is -1.07. The van der Waals surface area contributed by atoms with Gasteiger partial charge in [-0.1, -0.05) is 41.4 Å². The molecule has 0 fully saturated rings. The van der Waals surface area contributed by atoms with Crippen molar-refractivity contribution in [2.75, 3.05) is 0 Å². The van der Waals surface area contributed by atoms with E-state index in [0.29, 0.717) is 10.6 Å². The Morgan fingerprint density at radius 3 is 2.70 bits per heavy atom. The van der Waals surface area contributed by atoms with Gasteiger partial charge in [-0.3, -0.25) is 0 Å². The molecule has 0 bridgehead atoms. The largest absolute Gasteiger partial charge is 0.443 e. The number of esters is 2. The van der Waals surface area contributed by atoms with E-state index in [1.54, 1.807) is 30.3 Å². The van der Waals surface area contributed by atoms with E-state index in [4.69, 9.17) is 32.7 Å². The van der Waals surface area contributed by atoms with Crippen LogP contribution in [0.3, 0.4) is 0 Å². The van der Waals surface area contributed by atoms with Gasteiger partial charge in [0.15, 0.2) is 0 Å². The molecule has 0 spiro atoms. The van der Waals surface area contributed by atoms with Crippen LogP contribution < -0.4 is 4.74 Å². The van der Waals surface area contributed by atoms with Gasteiger partial charge in [-0.2, -0.15) is 0 Å². The Morgan fingerprint density at radius 1 is 1.22 bits per heavy atom. The van der Waals surface area contributed by atoms with Crippen LogP contribution >= 0.6 is 23.2 Å². The first kappa shape index (κ1) is 15.8. The van der Waals surface area contributed by atoms with E-state index in [2.05, 4.69) is 0 Å². The second-order valence-electron chi connectivity index (χ2n) is 5.42. The zero-order valence-electron chi connectivity index (χ0n) is 12.1. The standard InChI is InChI=1S/C17H12Cl2O4/c1-17(9-10-4-2-3-5-12(10)15(20)23-17)16(21)22-14-7-6-11(18)8-13(14)19/h2-8H,9H2,1H3. The number of benzene rings is 2. The number of hydrogen-bond donors (Lipinski definition) is 0. The van der Waals surface area contributed by atoms with Crippen molar-refractivity contribution in [2.24, 2.45) is 0 Å². The molecule has 23 heavy (non-hydrogen) atoms. The maximum atomic E-state index is 12.5. The highest BCUT2D eigenvalue weighted by atomic mass is 35.5. The van der Waals surface area contributed by atoms with Crippen molar-refractivity contribution in [1.82, 2.24) is 0 Å². The quantitative estimate of drug-likeness (QED) is 0.605. The van der Waals surface area contributed by atoms with Gasteiger partial charge in [0.1, 0.15) is 5.75 Å². The lowest BCUT2D eigenvalue weighted by atomic mass is 9.90. The molecule has 0 radical (unpaired) electrons. The fraction of sp³-hybridized carbons (Fsp3) is 0.176. The predicted octanol–water partition coefficient (Wildman–Crippen LogP) is 4.07. The second-order valence-corrected chi connectivity index (χ2v) is 6.26. The van der Waals surface area contributed by atoms with Gasteiger partial charge in [-0.15, -0.1) is 0 Å². The fourth-order valence-corrected chi connectivity index (χ4v) is 2.86. The summed E-state index contributed by atoms with van der Waals surface area (Å²) >= 11 is 11.8. The number of fused-ring (bicyclic) bond motifs is 1. The van der Waals surface area contributed by atoms with E-state index in [1.807, 2.05) is 0 Å². The molecule has 0 aliphatic carbocycles. The Morgan fingerprint density at radius 2 is 1.96 bits per heavy atom.